The molecule has 0 heterocycles. The number of benzene rings is 1. The molecule has 0 spiro atoms. The van der Waals surface area contributed by atoms with Crippen LogP contribution < -0.4 is 10.5 Å². The Morgan fingerprint density at radius 3 is 2.60 bits per heavy atom. The Kier molecular flexibility index (Phi) is 5.83. The molecule has 6 heteroatoms. The van der Waals surface area contributed by atoms with E-state index in [1.807, 2.05) is 0 Å². The Labute approximate surface area is 118 Å². The number of nitrogens with two attached hydrogens (primary N) is 1. The lowest BCUT2D eigenvalue weighted by Crippen LogP contribution is -2.21. The number of carbonyl (C=O) groups excluding carboxylic acids is 2. The standard InChI is InChI=1S/C14H20N2O4/c1-16(2)13(17)5-4-8-20-14(18)11-9-10(19-3)6-7-12(11)15/h6-7,9H,4-5,8,15H2,1-3H3. The summed E-state index contributed by atoms with van der Waals surface area (Å²) in [6, 6.07) is 4.79. The van der Waals surface area contributed by atoms with E-state index in [1.54, 1.807) is 26.2 Å². The summed E-state index contributed by atoms with van der Waals surface area (Å²) in [6.07, 6.45) is 0.820. The molecule has 0 saturated heterocycles. The molecular weight excluding hydrogens is 260 g/mol. The number of hydrogen-bond acceptors (Lipinski definition) is 5. The van der Waals surface area contributed by atoms with Gasteiger partial charge in [-0.15, -0.1) is 0 Å². The molecule has 0 aliphatic heterocycles. The van der Waals surface area contributed by atoms with Gasteiger partial charge >= 0.3 is 5.97 Å². The number of amides is 1. The number of esters is 1. The minimum absolute atomic E-state index is 0.00180. The Balaban J connectivity index is 2.49. The molecule has 0 unspecified atom stereocenters. The van der Waals surface area contributed by atoms with Crippen molar-refractivity contribution < 1.29 is 19.1 Å². The molecular formula is C14H20N2O4. The number of nitrogen functional groups attached to an aromatic ring is 1. The summed E-state index contributed by atoms with van der Waals surface area (Å²) in [5, 5.41) is 0. The van der Waals surface area contributed by atoms with Crippen LogP contribution in [0.15, 0.2) is 18.2 Å². The highest BCUT2D eigenvalue weighted by molar-refractivity contribution is 5.95. The van der Waals surface area contributed by atoms with Crippen molar-refractivity contribution in [2.75, 3.05) is 33.5 Å². The van der Waals surface area contributed by atoms with Gasteiger partial charge in [0, 0.05) is 26.2 Å². The maximum atomic E-state index is 11.9. The smallest absolute Gasteiger partial charge is 0.340 e. The van der Waals surface area contributed by atoms with E-state index < -0.39 is 5.97 Å². The van der Waals surface area contributed by atoms with E-state index in [2.05, 4.69) is 0 Å². The fourth-order valence-electron chi connectivity index (χ4n) is 1.53. The first-order valence-corrected chi connectivity index (χ1v) is 6.26. The van der Waals surface area contributed by atoms with Crippen LogP contribution in [0.1, 0.15) is 23.2 Å². The quantitative estimate of drug-likeness (QED) is 0.482. The predicted molar refractivity (Wildman–Crippen MR) is 75.6 cm³/mol. The Morgan fingerprint density at radius 1 is 1.30 bits per heavy atom. The Bertz CT molecular complexity index is 486. The van der Waals surface area contributed by atoms with E-state index in [0.29, 0.717) is 24.3 Å². The monoisotopic (exact) mass is 280 g/mol. The Morgan fingerprint density at radius 2 is 2.00 bits per heavy atom. The molecule has 0 radical (unpaired) electrons. The highest BCUT2D eigenvalue weighted by Gasteiger charge is 2.13. The molecule has 0 aromatic heterocycles. The number of rotatable bonds is 6. The third kappa shape index (κ3) is 4.46. The fourth-order valence-corrected chi connectivity index (χ4v) is 1.53. The number of anilines is 1. The van der Waals surface area contributed by atoms with Crippen molar-refractivity contribution in [2.45, 2.75) is 12.8 Å². The zero-order valence-corrected chi connectivity index (χ0v) is 12.0. The van der Waals surface area contributed by atoms with Crippen LogP contribution in [0.3, 0.4) is 0 Å². The zero-order valence-electron chi connectivity index (χ0n) is 12.0. The van der Waals surface area contributed by atoms with Gasteiger partial charge in [0.05, 0.1) is 19.3 Å². The van der Waals surface area contributed by atoms with E-state index in [9.17, 15) is 9.59 Å². The second-order valence-corrected chi connectivity index (χ2v) is 4.48. The van der Waals surface area contributed by atoms with Gasteiger partial charge in [0.25, 0.3) is 0 Å². The van der Waals surface area contributed by atoms with Crippen molar-refractivity contribution in [3.8, 4) is 5.75 Å². The molecule has 6 nitrogen and oxygen atoms in total. The molecule has 2 N–H and O–H groups in total. The van der Waals surface area contributed by atoms with Crippen molar-refractivity contribution in [2.24, 2.45) is 0 Å². The predicted octanol–water partition coefficient (Wildman–Crippen LogP) is 1.30. The van der Waals surface area contributed by atoms with Crippen molar-refractivity contribution in [1.82, 2.24) is 4.90 Å². The molecule has 0 fully saturated rings. The minimum Gasteiger partial charge on any atom is -0.497 e. The number of ether oxygens (including phenoxy) is 2. The molecule has 1 rings (SSSR count). The van der Waals surface area contributed by atoms with Gasteiger partial charge < -0.3 is 20.1 Å². The highest BCUT2D eigenvalue weighted by atomic mass is 16.5. The summed E-state index contributed by atoms with van der Waals surface area (Å²) in [6.45, 7) is 0.176. The second kappa shape index (κ2) is 7.37. The first-order valence-electron chi connectivity index (χ1n) is 6.26. The van der Waals surface area contributed by atoms with E-state index in [1.165, 1.54) is 18.1 Å². The van der Waals surface area contributed by atoms with Gasteiger partial charge in [0.1, 0.15) is 5.75 Å². The third-order valence-corrected chi connectivity index (χ3v) is 2.75. The maximum Gasteiger partial charge on any atom is 0.340 e. The molecule has 1 aromatic rings. The van der Waals surface area contributed by atoms with E-state index in [4.69, 9.17) is 15.2 Å². The largest absolute Gasteiger partial charge is 0.497 e. The number of nitrogens with zero attached hydrogens (tertiary/aromatic N) is 1. The molecule has 110 valence electrons. The maximum absolute atomic E-state index is 11.9. The van der Waals surface area contributed by atoms with Gasteiger partial charge in [-0.25, -0.2) is 4.79 Å². The van der Waals surface area contributed by atoms with Crippen molar-refractivity contribution >= 4 is 17.6 Å². The van der Waals surface area contributed by atoms with Crippen molar-refractivity contribution in [1.29, 1.82) is 0 Å². The normalized spacial score (nSPS) is 9.95. The van der Waals surface area contributed by atoms with Crippen LogP contribution in [-0.2, 0) is 9.53 Å². The number of hydrogen-bond donors (Lipinski definition) is 1. The average Bonchev–Trinajstić information content (AvgIpc) is 2.43. The number of methoxy groups -OCH3 is 1. The third-order valence-electron chi connectivity index (χ3n) is 2.75. The van der Waals surface area contributed by atoms with Crippen LogP contribution in [0.25, 0.3) is 0 Å². The van der Waals surface area contributed by atoms with E-state index >= 15 is 0 Å². The minimum atomic E-state index is -0.515. The van der Waals surface area contributed by atoms with E-state index in [-0.39, 0.29) is 18.1 Å². The molecule has 0 aliphatic rings. The van der Waals surface area contributed by atoms with Gasteiger partial charge in [-0.05, 0) is 24.6 Å². The van der Waals surface area contributed by atoms with Crippen LogP contribution in [0, 0.1) is 0 Å². The molecule has 1 aromatic carbocycles. The molecule has 0 aliphatic carbocycles. The summed E-state index contributed by atoms with van der Waals surface area (Å²) in [5.41, 5.74) is 6.32. The van der Waals surface area contributed by atoms with Crippen molar-refractivity contribution in [3.05, 3.63) is 23.8 Å². The van der Waals surface area contributed by atoms with Crippen LogP contribution in [-0.4, -0.2) is 44.6 Å². The van der Waals surface area contributed by atoms with Crippen LogP contribution in [0.4, 0.5) is 5.69 Å². The summed E-state index contributed by atoms with van der Waals surface area (Å²) in [4.78, 5) is 24.7. The molecule has 0 atom stereocenters. The van der Waals surface area contributed by atoms with Gasteiger partial charge in [0.2, 0.25) is 5.91 Å². The molecule has 0 bridgehead atoms. The molecule has 1 amide bonds. The fraction of sp³-hybridized carbons (Fsp3) is 0.429. The van der Waals surface area contributed by atoms with Crippen LogP contribution in [0.2, 0.25) is 0 Å². The zero-order chi connectivity index (χ0) is 15.1. The van der Waals surface area contributed by atoms with E-state index in [0.717, 1.165) is 0 Å². The lowest BCUT2D eigenvalue weighted by Gasteiger charge is -2.11. The molecule has 20 heavy (non-hydrogen) atoms. The topological polar surface area (TPSA) is 81.9 Å². The summed E-state index contributed by atoms with van der Waals surface area (Å²) >= 11 is 0. The van der Waals surface area contributed by atoms with Gasteiger partial charge in [0.15, 0.2) is 0 Å². The van der Waals surface area contributed by atoms with Gasteiger partial charge in [-0.2, -0.15) is 0 Å². The average molecular weight is 280 g/mol. The van der Waals surface area contributed by atoms with Crippen LogP contribution >= 0.6 is 0 Å². The lowest BCUT2D eigenvalue weighted by molar-refractivity contribution is -0.128. The second-order valence-electron chi connectivity index (χ2n) is 4.48. The highest BCUT2D eigenvalue weighted by Crippen LogP contribution is 2.20. The first kappa shape index (κ1) is 15.8. The Hall–Kier alpha value is -2.24. The summed E-state index contributed by atoms with van der Waals surface area (Å²) in [5.74, 6) is 0.0228. The number of carbonyl (C=O) groups is 2. The SMILES string of the molecule is COc1ccc(N)c(C(=O)OCCCC(=O)N(C)C)c1. The van der Waals surface area contributed by atoms with Gasteiger partial charge in [-0.3, -0.25) is 4.79 Å². The van der Waals surface area contributed by atoms with Crippen LogP contribution in [0.5, 0.6) is 5.75 Å². The first-order chi connectivity index (χ1) is 9.45. The molecule has 0 saturated carbocycles. The summed E-state index contributed by atoms with van der Waals surface area (Å²) in [7, 11) is 4.88. The van der Waals surface area contributed by atoms with Gasteiger partial charge in [-0.1, -0.05) is 0 Å². The summed E-state index contributed by atoms with van der Waals surface area (Å²) < 4.78 is 10.1. The lowest BCUT2D eigenvalue weighted by atomic mass is 10.1. The van der Waals surface area contributed by atoms with Crippen molar-refractivity contribution in [3.63, 3.8) is 0 Å².